The second-order valence-electron chi connectivity index (χ2n) is 9.31. The van der Waals surface area contributed by atoms with E-state index < -0.39 is 5.54 Å². The Bertz CT molecular complexity index is 872. The van der Waals surface area contributed by atoms with Crippen molar-refractivity contribution in [1.82, 2.24) is 10.2 Å². The van der Waals surface area contributed by atoms with Gasteiger partial charge in [-0.15, -0.1) is 0 Å². The Labute approximate surface area is 181 Å². The number of carbonyl (C=O) groups is 2. The van der Waals surface area contributed by atoms with Crippen molar-refractivity contribution in [3.05, 3.63) is 29.6 Å². The minimum Gasteiger partial charge on any atom is -0.483 e. The number of amides is 2. The number of halogens is 1. The van der Waals surface area contributed by atoms with Crippen LogP contribution in [0, 0.1) is 5.82 Å². The Morgan fingerprint density at radius 1 is 1.16 bits per heavy atom. The molecule has 1 spiro atoms. The highest BCUT2D eigenvalue weighted by molar-refractivity contribution is 5.81. The summed E-state index contributed by atoms with van der Waals surface area (Å²) >= 11 is 0. The molecule has 2 amide bonds. The molecular weight excluding hydrogens is 403 g/mol. The van der Waals surface area contributed by atoms with E-state index in [1.807, 2.05) is 6.92 Å². The van der Waals surface area contributed by atoms with E-state index in [9.17, 15) is 14.0 Å². The second-order valence-corrected chi connectivity index (χ2v) is 9.31. The summed E-state index contributed by atoms with van der Waals surface area (Å²) in [4.78, 5) is 27.2. The van der Waals surface area contributed by atoms with Gasteiger partial charge in [0.2, 0.25) is 5.91 Å². The third kappa shape index (κ3) is 3.69. The van der Waals surface area contributed by atoms with Crippen LogP contribution in [0.1, 0.15) is 50.5 Å². The number of hydrogen-bond donors (Lipinski definition) is 1. The molecule has 6 rings (SSSR count). The minimum absolute atomic E-state index is 0.0348. The number of fused-ring (bicyclic) bond motifs is 5. The smallest absolute Gasteiger partial charge is 0.261 e. The number of nitrogens with zero attached hydrogens (tertiary/aromatic N) is 1. The Kier molecular flexibility index (Phi) is 5.38. The first-order valence-electron chi connectivity index (χ1n) is 11.2. The van der Waals surface area contributed by atoms with Gasteiger partial charge in [0, 0.05) is 11.6 Å². The van der Waals surface area contributed by atoms with Gasteiger partial charge in [0.25, 0.3) is 5.91 Å². The maximum absolute atomic E-state index is 14.7. The van der Waals surface area contributed by atoms with Crippen molar-refractivity contribution in [2.45, 2.75) is 68.7 Å². The molecule has 31 heavy (non-hydrogen) atoms. The molecule has 1 saturated carbocycles. The molecule has 8 heteroatoms. The quantitative estimate of drug-likeness (QED) is 0.680. The molecule has 168 valence electrons. The van der Waals surface area contributed by atoms with E-state index in [-0.39, 0.29) is 55.0 Å². The van der Waals surface area contributed by atoms with E-state index in [1.54, 1.807) is 17.0 Å². The molecule has 3 atom stereocenters. The van der Waals surface area contributed by atoms with Crippen LogP contribution in [0.5, 0.6) is 5.75 Å². The van der Waals surface area contributed by atoms with Crippen LogP contribution in [0.2, 0.25) is 0 Å². The van der Waals surface area contributed by atoms with Gasteiger partial charge >= 0.3 is 0 Å². The molecule has 5 aliphatic rings. The van der Waals surface area contributed by atoms with Gasteiger partial charge in [-0.1, -0.05) is 6.07 Å². The van der Waals surface area contributed by atoms with E-state index in [0.29, 0.717) is 30.9 Å². The summed E-state index contributed by atoms with van der Waals surface area (Å²) < 4.78 is 32.5. The SMILES string of the molecule is C[C@@H]1C[C@]2(COCC(=O)N2)[C@H]2CO[C@H]3CC[C@H](CC3)c3c(F)cccc3OCC(=O)N12. The molecular formula is C23H29FN2O5. The van der Waals surface area contributed by atoms with E-state index in [4.69, 9.17) is 14.2 Å². The number of nitrogens with one attached hydrogen (secondary N) is 1. The normalized spacial score (nSPS) is 36.0. The topological polar surface area (TPSA) is 77.1 Å². The Balaban J connectivity index is 1.48. The average Bonchev–Trinajstić information content (AvgIpc) is 3.01. The molecule has 0 aromatic heterocycles. The highest BCUT2D eigenvalue weighted by atomic mass is 19.1. The van der Waals surface area contributed by atoms with Crippen LogP contribution in [0.15, 0.2) is 18.2 Å². The molecule has 2 bridgehead atoms. The van der Waals surface area contributed by atoms with E-state index in [2.05, 4.69) is 5.32 Å². The molecule has 0 unspecified atom stereocenters. The number of ether oxygens (including phenoxy) is 3. The lowest BCUT2D eigenvalue weighted by Crippen LogP contribution is -2.65. The first-order chi connectivity index (χ1) is 15.0. The van der Waals surface area contributed by atoms with E-state index >= 15 is 0 Å². The van der Waals surface area contributed by atoms with Crippen molar-refractivity contribution >= 4 is 11.8 Å². The molecule has 3 fully saturated rings. The van der Waals surface area contributed by atoms with Crippen molar-refractivity contribution in [3.63, 3.8) is 0 Å². The zero-order valence-corrected chi connectivity index (χ0v) is 17.8. The van der Waals surface area contributed by atoms with Crippen LogP contribution in [0.3, 0.4) is 0 Å². The lowest BCUT2D eigenvalue weighted by atomic mass is 9.82. The fourth-order valence-electron chi connectivity index (χ4n) is 5.96. The minimum atomic E-state index is -0.661. The van der Waals surface area contributed by atoms with Gasteiger partial charge in [-0.3, -0.25) is 9.59 Å². The molecule has 1 aliphatic carbocycles. The van der Waals surface area contributed by atoms with E-state index in [1.165, 1.54) is 6.07 Å². The molecule has 2 saturated heterocycles. The van der Waals surface area contributed by atoms with Crippen LogP contribution in [0.25, 0.3) is 0 Å². The zero-order valence-electron chi connectivity index (χ0n) is 17.8. The van der Waals surface area contributed by atoms with Crippen LogP contribution >= 0.6 is 0 Å². The second kappa shape index (κ2) is 8.06. The van der Waals surface area contributed by atoms with E-state index in [0.717, 1.165) is 25.7 Å². The Morgan fingerprint density at radius 3 is 2.74 bits per heavy atom. The zero-order chi connectivity index (χ0) is 21.6. The van der Waals surface area contributed by atoms with Gasteiger partial charge in [-0.05, 0) is 57.1 Å². The Morgan fingerprint density at radius 2 is 1.97 bits per heavy atom. The molecule has 0 radical (unpaired) electrons. The third-order valence-corrected chi connectivity index (χ3v) is 7.31. The number of carbonyl (C=O) groups excluding carboxylic acids is 2. The van der Waals surface area contributed by atoms with Crippen molar-refractivity contribution in [2.24, 2.45) is 0 Å². The molecule has 1 N–H and O–H groups in total. The molecule has 4 aliphatic heterocycles. The first-order valence-corrected chi connectivity index (χ1v) is 11.2. The van der Waals surface area contributed by atoms with Crippen molar-refractivity contribution in [2.75, 3.05) is 26.4 Å². The summed E-state index contributed by atoms with van der Waals surface area (Å²) in [7, 11) is 0. The lowest BCUT2D eigenvalue weighted by Gasteiger charge is -2.41. The number of hydrogen-bond acceptors (Lipinski definition) is 5. The highest BCUT2D eigenvalue weighted by Gasteiger charge is 2.55. The largest absolute Gasteiger partial charge is 0.483 e. The fraction of sp³-hybridized carbons (Fsp3) is 0.652. The molecule has 1 aromatic carbocycles. The summed E-state index contributed by atoms with van der Waals surface area (Å²) in [5.41, 5.74) is -0.0883. The Hall–Kier alpha value is -2.19. The van der Waals surface area contributed by atoms with Crippen molar-refractivity contribution in [3.8, 4) is 5.75 Å². The van der Waals surface area contributed by atoms with Gasteiger partial charge in [0.05, 0.1) is 30.9 Å². The van der Waals surface area contributed by atoms with Crippen molar-refractivity contribution < 1.29 is 28.2 Å². The predicted octanol–water partition coefficient (Wildman–Crippen LogP) is 2.14. The maximum Gasteiger partial charge on any atom is 0.261 e. The molecule has 4 heterocycles. The summed E-state index contributed by atoms with van der Waals surface area (Å²) in [6.07, 6.45) is 3.92. The van der Waals surface area contributed by atoms with Gasteiger partial charge in [-0.2, -0.15) is 0 Å². The van der Waals surface area contributed by atoms with Crippen LogP contribution in [-0.4, -0.2) is 66.9 Å². The number of rotatable bonds is 0. The maximum atomic E-state index is 14.7. The third-order valence-electron chi connectivity index (χ3n) is 7.31. The monoisotopic (exact) mass is 432 g/mol. The van der Waals surface area contributed by atoms with Crippen LogP contribution in [0.4, 0.5) is 4.39 Å². The average molecular weight is 432 g/mol. The summed E-state index contributed by atoms with van der Waals surface area (Å²) in [6.45, 7) is 2.50. The molecule has 1 aromatic rings. The van der Waals surface area contributed by atoms with Crippen LogP contribution in [-0.2, 0) is 19.1 Å². The molecule has 7 nitrogen and oxygen atoms in total. The fourth-order valence-corrected chi connectivity index (χ4v) is 5.96. The predicted molar refractivity (Wildman–Crippen MR) is 109 cm³/mol. The number of morpholine rings is 1. The van der Waals surface area contributed by atoms with Gasteiger partial charge in [0.1, 0.15) is 18.2 Å². The lowest BCUT2D eigenvalue weighted by molar-refractivity contribution is -0.145. The van der Waals surface area contributed by atoms with Gasteiger partial charge in [-0.25, -0.2) is 4.39 Å². The van der Waals surface area contributed by atoms with Gasteiger partial charge < -0.3 is 24.4 Å². The summed E-state index contributed by atoms with van der Waals surface area (Å²) in [5, 5.41) is 3.10. The summed E-state index contributed by atoms with van der Waals surface area (Å²) in [5.74, 6) is -0.138. The van der Waals surface area contributed by atoms with Crippen LogP contribution < -0.4 is 10.1 Å². The summed E-state index contributed by atoms with van der Waals surface area (Å²) in [6, 6.07) is 4.37. The standard InChI is InChI=1S/C23H29FN2O5/c1-14-9-23(13-29-11-20(27)25-23)19-10-30-16-7-5-15(6-8-16)22-17(24)3-2-4-18(22)31-12-21(28)26(14)19/h2-4,14-16,19H,5-13H2,1H3,(H,25,27)/t14-,15-,16+,19-,23+/m1/s1. The first kappa shape index (κ1) is 20.7. The highest BCUT2D eigenvalue weighted by Crippen LogP contribution is 2.41. The van der Waals surface area contributed by atoms with Crippen molar-refractivity contribution in [1.29, 1.82) is 0 Å². The van der Waals surface area contributed by atoms with Gasteiger partial charge in [0.15, 0.2) is 6.61 Å². The number of benzene rings is 1.